The number of fused-ring (bicyclic) bond motifs is 1. The van der Waals surface area contributed by atoms with E-state index in [1.807, 2.05) is 29.7 Å². The number of aryl methyl sites for hydroxylation is 1. The van der Waals surface area contributed by atoms with E-state index in [9.17, 15) is 4.79 Å². The standard InChI is InChI=1S/C16H14N2O3/c1-10-7-12(21-2)4-6-14(10)18-9-17-13-5-3-11(16(19)20)8-15(13)18/h3-9H,1-2H3,(H,19,20). The lowest BCUT2D eigenvalue weighted by Gasteiger charge is -2.10. The summed E-state index contributed by atoms with van der Waals surface area (Å²) in [6, 6.07) is 10.6. The van der Waals surface area contributed by atoms with Gasteiger partial charge in [-0.3, -0.25) is 4.57 Å². The normalized spacial score (nSPS) is 10.8. The van der Waals surface area contributed by atoms with Gasteiger partial charge in [0.25, 0.3) is 0 Å². The molecule has 0 saturated heterocycles. The highest BCUT2D eigenvalue weighted by Gasteiger charge is 2.11. The molecule has 0 spiro atoms. The number of imidazole rings is 1. The molecule has 0 fully saturated rings. The molecule has 106 valence electrons. The molecular weight excluding hydrogens is 268 g/mol. The molecule has 0 unspecified atom stereocenters. The summed E-state index contributed by atoms with van der Waals surface area (Å²) in [5, 5.41) is 9.12. The van der Waals surface area contributed by atoms with Gasteiger partial charge in [-0.25, -0.2) is 9.78 Å². The van der Waals surface area contributed by atoms with E-state index in [4.69, 9.17) is 9.84 Å². The number of carbonyl (C=O) groups is 1. The average molecular weight is 282 g/mol. The van der Waals surface area contributed by atoms with Crippen LogP contribution in [0.1, 0.15) is 15.9 Å². The van der Waals surface area contributed by atoms with Gasteiger partial charge < -0.3 is 9.84 Å². The molecule has 0 bridgehead atoms. The highest BCUT2D eigenvalue weighted by molar-refractivity contribution is 5.92. The first-order chi connectivity index (χ1) is 10.1. The Labute approximate surface area is 121 Å². The van der Waals surface area contributed by atoms with Crippen molar-refractivity contribution in [2.45, 2.75) is 6.92 Å². The number of aromatic carboxylic acids is 1. The topological polar surface area (TPSA) is 64.4 Å². The third-order valence-corrected chi connectivity index (χ3v) is 3.46. The van der Waals surface area contributed by atoms with E-state index >= 15 is 0 Å². The van der Waals surface area contributed by atoms with Gasteiger partial charge in [0.1, 0.15) is 12.1 Å². The number of aromatic nitrogens is 2. The molecule has 2 aromatic carbocycles. The van der Waals surface area contributed by atoms with Gasteiger partial charge in [-0.1, -0.05) is 0 Å². The number of carboxylic acids is 1. The Kier molecular flexibility index (Phi) is 3.10. The van der Waals surface area contributed by atoms with Crippen molar-refractivity contribution in [2.75, 3.05) is 7.11 Å². The van der Waals surface area contributed by atoms with Crippen LogP contribution in [-0.4, -0.2) is 27.7 Å². The molecular formula is C16H14N2O3. The molecule has 5 nitrogen and oxygen atoms in total. The largest absolute Gasteiger partial charge is 0.497 e. The number of ether oxygens (including phenoxy) is 1. The number of methoxy groups -OCH3 is 1. The van der Waals surface area contributed by atoms with Gasteiger partial charge in [0, 0.05) is 0 Å². The Bertz CT molecular complexity index is 837. The zero-order chi connectivity index (χ0) is 15.0. The molecule has 0 aliphatic heterocycles. The Morgan fingerprint density at radius 3 is 2.71 bits per heavy atom. The summed E-state index contributed by atoms with van der Waals surface area (Å²) in [5.41, 5.74) is 3.74. The molecule has 5 heteroatoms. The van der Waals surface area contributed by atoms with Crippen LogP contribution < -0.4 is 4.74 Å². The first-order valence-electron chi connectivity index (χ1n) is 6.45. The number of benzene rings is 2. The van der Waals surface area contributed by atoms with E-state index in [0.717, 1.165) is 28.0 Å². The lowest BCUT2D eigenvalue weighted by atomic mass is 10.1. The summed E-state index contributed by atoms with van der Waals surface area (Å²) in [6.45, 7) is 1.98. The van der Waals surface area contributed by atoms with E-state index in [-0.39, 0.29) is 5.56 Å². The molecule has 0 atom stereocenters. The lowest BCUT2D eigenvalue weighted by Crippen LogP contribution is -1.99. The zero-order valence-corrected chi connectivity index (χ0v) is 11.7. The van der Waals surface area contributed by atoms with E-state index < -0.39 is 5.97 Å². The van der Waals surface area contributed by atoms with Crippen LogP contribution in [0.25, 0.3) is 16.7 Å². The van der Waals surface area contributed by atoms with Crippen LogP contribution in [-0.2, 0) is 0 Å². The molecule has 0 amide bonds. The number of carboxylic acid groups (broad SMARTS) is 1. The van der Waals surface area contributed by atoms with E-state index in [1.54, 1.807) is 31.6 Å². The first kappa shape index (κ1) is 13.2. The Balaban J connectivity index is 2.20. The highest BCUT2D eigenvalue weighted by atomic mass is 16.5. The quantitative estimate of drug-likeness (QED) is 0.802. The summed E-state index contributed by atoms with van der Waals surface area (Å²) < 4.78 is 7.09. The minimum absolute atomic E-state index is 0.246. The van der Waals surface area contributed by atoms with Crippen molar-refractivity contribution in [1.29, 1.82) is 0 Å². The fourth-order valence-electron chi connectivity index (χ4n) is 2.36. The summed E-state index contributed by atoms with van der Waals surface area (Å²) >= 11 is 0. The zero-order valence-electron chi connectivity index (χ0n) is 11.7. The van der Waals surface area contributed by atoms with Gasteiger partial charge in [0.2, 0.25) is 0 Å². The fourth-order valence-corrected chi connectivity index (χ4v) is 2.36. The second-order valence-electron chi connectivity index (χ2n) is 4.78. The van der Waals surface area contributed by atoms with Gasteiger partial charge in [0.15, 0.2) is 0 Å². The van der Waals surface area contributed by atoms with Crippen LogP contribution in [0.4, 0.5) is 0 Å². The maximum absolute atomic E-state index is 11.1. The molecule has 3 aromatic rings. The average Bonchev–Trinajstić information content (AvgIpc) is 2.89. The number of nitrogens with zero attached hydrogens (tertiary/aromatic N) is 2. The molecule has 21 heavy (non-hydrogen) atoms. The monoisotopic (exact) mass is 282 g/mol. The summed E-state index contributed by atoms with van der Waals surface area (Å²) in [4.78, 5) is 15.4. The van der Waals surface area contributed by atoms with E-state index in [1.165, 1.54) is 0 Å². The number of hydrogen-bond donors (Lipinski definition) is 1. The van der Waals surface area contributed by atoms with Crippen molar-refractivity contribution in [3.05, 3.63) is 53.9 Å². The second kappa shape index (κ2) is 4.94. The Hall–Kier alpha value is -2.82. The molecule has 0 aliphatic carbocycles. The van der Waals surface area contributed by atoms with Gasteiger partial charge in [0.05, 0.1) is 29.4 Å². The van der Waals surface area contributed by atoms with Crippen molar-refractivity contribution < 1.29 is 14.6 Å². The smallest absolute Gasteiger partial charge is 0.335 e. The van der Waals surface area contributed by atoms with Gasteiger partial charge >= 0.3 is 5.97 Å². The van der Waals surface area contributed by atoms with Crippen LogP contribution in [0.2, 0.25) is 0 Å². The SMILES string of the molecule is COc1ccc(-n2cnc3ccc(C(=O)O)cc32)c(C)c1. The summed E-state index contributed by atoms with van der Waals surface area (Å²) in [7, 11) is 1.63. The van der Waals surface area contributed by atoms with Crippen molar-refractivity contribution in [2.24, 2.45) is 0 Å². The maximum atomic E-state index is 11.1. The third-order valence-electron chi connectivity index (χ3n) is 3.46. The van der Waals surface area contributed by atoms with E-state index in [0.29, 0.717) is 0 Å². The molecule has 0 radical (unpaired) electrons. The van der Waals surface area contributed by atoms with Crippen LogP contribution >= 0.6 is 0 Å². The van der Waals surface area contributed by atoms with Crippen molar-refractivity contribution in [1.82, 2.24) is 9.55 Å². The molecule has 3 rings (SSSR count). The first-order valence-corrected chi connectivity index (χ1v) is 6.45. The van der Waals surface area contributed by atoms with Crippen LogP contribution in [0, 0.1) is 6.92 Å². The number of hydrogen-bond acceptors (Lipinski definition) is 3. The van der Waals surface area contributed by atoms with E-state index in [2.05, 4.69) is 4.98 Å². The molecule has 1 N–H and O–H groups in total. The van der Waals surface area contributed by atoms with Crippen LogP contribution in [0.3, 0.4) is 0 Å². The van der Waals surface area contributed by atoms with Crippen molar-refractivity contribution in [3.8, 4) is 11.4 Å². The summed E-state index contributed by atoms with van der Waals surface area (Å²) in [6.07, 6.45) is 1.70. The predicted molar refractivity (Wildman–Crippen MR) is 79.3 cm³/mol. The Morgan fingerprint density at radius 2 is 2.05 bits per heavy atom. The maximum Gasteiger partial charge on any atom is 0.335 e. The van der Waals surface area contributed by atoms with Gasteiger partial charge in [-0.15, -0.1) is 0 Å². The molecule has 0 aliphatic rings. The Morgan fingerprint density at radius 1 is 1.24 bits per heavy atom. The number of rotatable bonds is 3. The third kappa shape index (κ3) is 2.23. The molecule has 0 saturated carbocycles. The molecule has 1 heterocycles. The van der Waals surface area contributed by atoms with Gasteiger partial charge in [-0.05, 0) is 48.9 Å². The minimum atomic E-state index is -0.948. The predicted octanol–water partition coefficient (Wildman–Crippen LogP) is 3.04. The van der Waals surface area contributed by atoms with Crippen molar-refractivity contribution >= 4 is 17.0 Å². The van der Waals surface area contributed by atoms with Gasteiger partial charge in [-0.2, -0.15) is 0 Å². The van der Waals surface area contributed by atoms with Crippen molar-refractivity contribution in [3.63, 3.8) is 0 Å². The summed E-state index contributed by atoms with van der Waals surface area (Å²) in [5.74, 6) is -0.164. The lowest BCUT2D eigenvalue weighted by molar-refractivity contribution is 0.0697. The fraction of sp³-hybridized carbons (Fsp3) is 0.125. The minimum Gasteiger partial charge on any atom is -0.497 e. The molecule has 1 aromatic heterocycles. The van der Waals surface area contributed by atoms with Crippen LogP contribution in [0.15, 0.2) is 42.7 Å². The second-order valence-corrected chi connectivity index (χ2v) is 4.78. The van der Waals surface area contributed by atoms with Crippen LogP contribution in [0.5, 0.6) is 5.75 Å². The highest BCUT2D eigenvalue weighted by Crippen LogP contribution is 2.24.